The number of aromatic nitrogens is 3. The number of nitrogens with one attached hydrogen (secondary N) is 1. The molecule has 1 aromatic heterocycles. The highest BCUT2D eigenvalue weighted by molar-refractivity contribution is 7.99. The minimum atomic E-state index is -0.0708. The van der Waals surface area contributed by atoms with Crippen LogP contribution >= 0.6 is 11.8 Å². The second kappa shape index (κ2) is 10.1. The number of allylic oxidation sites excluding steroid dienone is 1. The molecule has 0 unspecified atom stereocenters. The van der Waals surface area contributed by atoms with Crippen LogP contribution in [-0.4, -0.2) is 33.5 Å². The minimum Gasteiger partial charge on any atom is -0.497 e. The van der Waals surface area contributed by atoms with Crippen molar-refractivity contribution in [3.8, 4) is 5.75 Å². The summed E-state index contributed by atoms with van der Waals surface area (Å²) in [6, 6.07) is 13.9. The summed E-state index contributed by atoms with van der Waals surface area (Å²) in [5.74, 6) is 1.83. The fourth-order valence-corrected chi connectivity index (χ4v) is 3.75. The van der Waals surface area contributed by atoms with Crippen LogP contribution in [0.2, 0.25) is 0 Å². The zero-order chi connectivity index (χ0) is 21.5. The van der Waals surface area contributed by atoms with Crippen LogP contribution in [0.4, 0.5) is 5.69 Å². The first-order chi connectivity index (χ1) is 14.5. The molecular weight excluding hydrogens is 396 g/mol. The number of aryl methyl sites for hydroxylation is 2. The Kier molecular flexibility index (Phi) is 7.30. The van der Waals surface area contributed by atoms with Gasteiger partial charge in [-0.1, -0.05) is 42.1 Å². The number of carbonyl (C=O) groups is 1. The number of ether oxygens (including phenoxy) is 1. The average Bonchev–Trinajstić information content (AvgIpc) is 3.11. The monoisotopic (exact) mass is 422 g/mol. The third-order valence-corrected chi connectivity index (χ3v) is 5.59. The number of methoxy groups -OCH3 is 1. The van der Waals surface area contributed by atoms with Crippen molar-refractivity contribution >= 4 is 23.4 Å². The first-order valence-corrected chi connectivity index (χ1v) is 10.6. The molecule has 30 heavy (non-hydrogen) atoms. The molecule has 6 nitrogen and oxygen atoms in total. The maximum atomic E-state index is 12.5. The Morgan fingerprint density at radius 1 is 1.20 bits per heavy atom. The first kappa shape index (κ1) is 21.6. The van der Waals surface area contributed by atoms with E-state index in [4.69, 9.17) is 4.74 Å². The summed E-state index contributed by atoms with van der Waals surface area (Å²) < 4.78 is 7.20. The molecule has 2 aromatic carbocycles. The Labute approximate surface area is 181 Å². The van der Waals surface area contributed by atoms with E-state index in [0.717, 1.165) is 34.0 Å². The Morgan fingerprint density at radius 2 is 1.97 bits per heavy atom. The van der Waals surface area contributed by atoms with Crippen LogP contribution in [0.25, 0.3) is 0 Å². The fourth-order valence-electron chi connectivity index (χ4n) is 2.98. The summed E-state index contributed by atoms with van der Waals surface area (Å²) >= 11 is 1.37. The molecule has 0 atom stereocenters. The number of hydrogen-bond donors (Lipinski definition) is 1. The van der Waals surface area contributed by atoms with Gasteiger partial charge >= 0.3 is 0 Å². The summed E-state index contributed by atoms with van der Waals surface area (Å²) in [4.78, 5) is 12.5. The zero-order valence-corrected chi connectivity index (χ0v) is 18.3. The SMILES string of the molecule is C=CCn1c(Cc2ccc(OC)cc2)nnc1SCC(=O)Nc1cc(C)ccc1C. The molecule has 1 N–H and O–H groups in total. The van der Waals surface area contributed by atoms with E-state index in [1.165, 1.54) is 11.8 Å². The van der Waals surface area contributed by atoms with Crippen LogP contribution in [0.5, 0.6) is 5.75 Å². The van der Waals surface area contributed by atoms with E-state index in [1.54, 1.807) is 13.2 Å². The van der Waals surface area contributed by atoms with Crippen molar-refractivity contribution in [3.05, 3.63) is 77.6 Å². The second-order valence-electron chi connectivity index (χ2n) is 6.98. The van der Waals surface area contributed by atoms with Crippen LogP contribution in [0.15, 0.2) is 60.3 Å². The summed E-state index contributed by atoms with van der Waals surface area (Å²) in [5.41, 5.74) is 4.10. The fraction of sp³-hybridized carbons (Fsp3) is 0.261. The second-order valence-corrected chi connectivity index (χ2v) is 7.92. The number of carbonyl (C=O) groups excluding carboxylic acids is 1. The van der Waals surface area contributed by atoms with Crippen LogP contribution in [0.3, 0.4) is 0 Å². The maximum absolute atomic E-state index is 12.5. The summed E-state index contributed by atoms with van der Waals surface area (Å²) in [6.45, 7) is 8.40. The third kappa shape index (κ3) is 5.51. The highest BCUT2D eigenvalue weighted by Crippen LogP contribution is 2.21. The van der Waals surface area contributed by atoms with Crippen molar-refractivity contribution in [2.24, 2.45) is 0 Å². The van der Waals surface area contributed by atoms with Crippen LogP contribution in [0, 0.1) is 13.8 Å². The highest BCUT2D eigenvalue weighted by atomic mass is 32.2. The number of anilines is 1. The molecule has 3 rings (SSSR count). The van der Waals surface area contributed by atoms with Gasteiger partial charge in [0, 0.05) is 18.7 Å². The molecule has 0 aliphatic heterocycles. The molecule has 0 aliphatic carbocycles. The van der Waals surface area contributed by atoms with Gasteiger partial charge in [0.1, 0.15) is 11.6 Å². The predicted molar refractivity (Wildman–Crippen MR) is 121 cm³/mol. The van der Waals surface area contributed by atoms with E-state index in [9.17, 15) is 4.79 Å². The number of amides is 1. The topological polar surface area (TPSA) is 69.0 Å². The smallest absolute Gasteiger partial charge is 0.234 e. The van der Waals surface area contributed by atoms with Gasteiger partial charge < -0.3 is 14.6 Å². The van der Waals surface area contributed by atoms with E-state index in [1.807, 2.05) is 60.9 Å². The summed E-state index contributed by atoms with van der Waals surface area (Å²) in [5, 5.41) is 12.3. The van der Waals surface area contributed by atoms with Gasteiger partial charge in [0.05, 0.1) is 12.9 Å². The standard InChI is InChI=1S/C23H26N4O2S/c1-5-12-27-21(14-18-8-10-19(29-4)11-9-18)25-26-23(27)30-15-22(28)24-20-13-16(2)6-7-17(20)3/h5-11,13H,1,12,14-15H2,2-4H3,(H,24,28). The Morgan fingerprint density at radius 3 is 2.67 bits per heavy atom. The van der Waals surface area contributed by atoms with Gasteiger partial charge in [0.2, 0.25) is 5.91 Å². The lowest BCUT2D eigenvalue weighted by Crippen LogP contribution is -2.15. The number of hydrogen-bond acceptors (Lipinski definition) is 5. The average molecular weight is 423 g/mol. The van der Waals surface area contributed by atoms with Crippen LogP contribution in [-0.2, 0) is 17.8 Å². The van der Waals surface area contributed by atoms with Gasteiger partial charge in [-0.25, -0.2) is 0 Å². The predicted octanol–water partition coefficient (Wildman–Crippen LogP) is 4.41. The van der Waals surface area contributed by atoms with Crippen molar-refractivity contribution in [1.29, 1.82) is 0 Å². The van der Waals surface area contributed by atoms with E-state index in [0.29, 0.717) is 18.1 Å². The molecule has 1 heterocycles. The van der Waals surface area contributed by atoms with Crippen LogP contribution in [0.1, 0.15) is 22.5 Å². The molecule has 1 amide bonds. The third-order valence-electron chi connectivity index (χ3n) is 4.63. The van der Waals surface area contributed by atoms with Crippen molar-refractivity contribution in [1.82, 2.24) is 14.8 Å². The molecule has 0 saturated heterocycles. The van der Waals surface area contributed by atoms with Crippen molar-refractivity contribution < 1.29 is 9.53 Å². The molecule has 0 bridgehead atoms. The number of rotatable bonds is 9. The van der Waals surface area contributed by atoms with Gasteiger partial charge in [-0.05, 0) is 48.7 Å². The van der Waals surface area contributed by atoms with Crippen molar-refractivity contribution in [3.63, 3.8) is 0 Å². The normalized spacial score (nSPS) is 10.6. The number of benzene rings is 2. The first-order valence-electron chi connectivity index (χ1n) is 9.66. The lowest BCUT2D eigenvalue weighted by Gasteiger charge is -2.10. The van der Waals surface area contributed by atoms with E-state index < -0.39 is 0 Å². The Bertz CT molecular complexity index is 1030. The van der Waals surface area contributed by atoms with E-state index in [-0.39, 0.29) is 11.7 Å². The van der Waals surface area contributed by atoms with E-state index in [2.05, 4.69) is 22.1 Å². The summed E-state index contributed by atoms with van der Waals surface area (Å²) in [6.07, 6.45) is 2.45. The van der Waals surface area contributed by atoms with Gasteiger partial charge in [0.15, 0.2) is 5.16 Å². The van der Waals surface area contributed by atoms with Crippen molar-refractivity contribution in [2.75, 3.05) is 18.2 Å². The number of nitrogens with zero attached hydrogens (tertiary/aromatic N) is 3. The molecule has 0 fully saturated rings. The molecule has 0 aliphatic rings. The quantitative estimate of drug-likeness (QED) is 0.409. The Hall–Kier alpha value is -3.06. The molecule has 156 valence electrons. The lowest BCUT2D eigenvalue weighted by molar-refractivity contribution is -0.113. The molecule has 7 heteroatoms. The maximum Gasteiger partial charge on any atom is 0.234 e. The van der Waals surface area contributed by atoms with Crippen molar-refractivity contribution in [2.45, 2.75) is 32.0 Å². The molecule has 0 saturated carbocycles. The Balaban J connectivity index is 1.67. The van der Waals surface area contributed by atoms with Gasteiger partial charge in [-0.15, -0.1) is 16.8 Å². The highest BCUT2D eigenvalue weighted by Gasteiger charge is 2.14. The van der Waals surface area contributed by atoms with Crippen LogP contribution < -0.4 is 10.1 Å². The molecule has 0 spiro atoms. The van der Waals surface area contributed by atoms with Gasteiger partial charge in [0.25, 0.3) is 0 Å². The number of thioether (sulfide) groups is 1. The molecule has 0 radical (unpaired) electrons. The molecular formula is C23H26N4O2S. The summed E-state index contributed by atoms with van der Waals surface area (Å²) in [7, 11) is 1.65. The molecule has 3 aromatic rings. The van der Waals surface area contributed by atoms with Gasteiger partial charge in [-0.3, -0.25) is 4.79 Å². The largest absolute Gasteiger partial charge is 0.497 e. The lowest BCUT2D eigenvalue weighted by atomic mass is 10.1. The minimum absolute atomic E-state index is 0.0708. The van der Waals surface area contributed by atoms with Gasteiger partial charge in [-0.2, -0.15) is 0 Å². The van der Waals surface area contributed by atoms with E-state index >= 15 is 0 Å². The zero-order valence-electron chi connectivity index (χ0n) is 17.5.